The van der Waals surface area contributed by atoms with E-state index in [0.29, 0.717) is 5.75 Å². The first-order chi connectivity index (χ1) is 14.0. The van der Waals surface area contributed by atoms with E-state index in [-0.39, 0.29) is 6.61 Å². The number of hydrogen-bond acceptors (Lipinski definition) is 3. The number of thioether (sulfide) groups is 1. The third kappa shape index (κ3) is 6.52. The number of benzene rings is 3. The van der Waals surface area contributed by atoms with Crippen LogP contribution in [0.25, 0.3) is 5.57 Å². The molecule has 0 aliphatic heterocycles. The second-order valence-corrected chi connectivity index (χ2v) is 8.74. The molecular weight excluding hydrogens is 519 g/mol. The molecule has 3 nitrogen and oxygen atoms in total. The van der Waals surface area contributed by atoms with E-state index in [0.717, 1.165) is 35.9 Å². The summed E-state index contributed by atoms with van der Waals surface area (Å²) >= 11 is 10.0. The van der Waals surface area contributed by atoms with Crippen LogP contribution >= 0.6 is 46.0 Å². The van der Waals surface area contributed by atoms with Gasteiger partial charge < -0.3 is 9.84 Å². The number of ether oxygens (including phenoxy) is 1. The zero-order valence-electron chi connectivity index (χ0n) is 15.3. The van der Waals surface area contributed by atoms with Gasteiger partial charge in [0.05, 0.1) is 0 Å². The van der Waals surface area contributed by atoms with Crippen molar-refractivity contribution in [2.75, 3.05) is 12.4 Å². The fraction of sp³-hybridized carbons (Fsp3) is 0.0870. The van der Waals surface area contributed by atoms with Gasteiger partial charge in [0, 0.05) is 19.2 Å². The van der Waals surface area contributed by atoms with Crippen molar-refractivity contribution in [3.8, 4) is 5.75 Å². The molecule has 148 valence electrons. The number of hydrogen-bond donors (Lipinski definition) is 1. The molecule has 0 aliphatic carbocycles. The first kappa shape index (κ1) is 21.7. The van der Waals surface area contributed by atoms with Gasteiger partial charge in [-0.2, -0.15) is 0 Å². The Balaban J connectivity index is 1.76. The maximum absolute atomic E-state index is 10.6. The molecule has 0 radical (unpaired) electrons. The predicted molar refractivity (Wildman–Crippen MR) is 128 cm³/mol. The van der Waals surface area contributed by atoms with Gasteiger partial charge in [-0.25, -0.2) is 4.79 Å². The molecule has 3 rings (SSSR count). The van der Waals surface area contributed by atoms with E-state index < -0.39 is 5.97 Å². The van der Waals surface area contributed by atoms with Crippen LogP contribution in [0.1, 0.15) is 11.1 Å². The largest absolute Gasteiger partial charge is 0.482 e. The van der Waals surface area contributed by atoms with Crippen molar-refractivity contribution in [1.82, 2.24) is 0 Å². The van der Waals surface area contributed by atoms with Crippen molar-refractivity contribution in [3.05, 3.63) is 98.6 Å². The summed E-state index contributed by atoms with van der Waals surface area (Å²) in [6.07, 6.45) is 2.22. The van der Waals surface area contributed by atoms with Crippen LogP contribution in [0.2, 0.25) is 5.02 Å². The van der Waals surface area contributed by atoms with Crippen LogP contribution in [0.15, 0.2) is 83.8 Å². The average Bonchev–Trinajstić information content (AvgIpc) is 2.72. The Hall–Kier alpha value is -1.96. The number of rotatable bonds is 8. The molecule has 0 atom stereocenters. The zero-order chi connectivity index (χ0) is 20.6. The van der Waals surface area contributed by atoms with Gasteiger partial charge in [-0.3, -0.25) is 0 Å². The third-order valence-corrected chi connectivity index (χ3v) is 6.54. The first-order valence-corrected chi connectivity index (χ1v) is 11.3. The quantitative estimate of drug-likeness (QED) is 0.259. The summed E-state index contributed by atoms with van der Waals surface area (Å²) in [7, 11) is 0. The molecule has 0 bridgehead atoms. The zero-order valence-corrected chi connectivity index (χ0v) is 19.1. The highest BCUT2D eigenvalue weighted by atomic mass is 127. The fourth-order valence-electron chi connectivity index (χ4n) is 2.70. The van der Waals surface area contributed by atoms with Crippen LogP contribution < -0.4 is 4.74 Å². The third-order valence-electron chi connectivity index (χ3n) is 4.03. The van der Waals surface area contributed by atoms with Crippen molar-refractivity contribution in [2.24, 2.45) is 0 Å². The Bertz CT molecular complexity index is 1000. The van der Waals surface area contributed by atoms with Gasteiger partial charge in [0.25, 0.3) is 0 Å². The van der Waals surface area contributed by atoms with Crippen LogP contribution in [0.5, 0.6) is 5.75 Å². The van der Waals surface area contributed by atoms with Crippen LogP contribution in [0, 0.1) is 3.57 Å². The molecular formula is C23H18ClIO3S. The molecule has 0 aromatic heterocycles. The van der Waals surface area contributed by atoms with Gasteiger partial charge in [0.2, 0.25) is 0 Å². The summed E-state index contributed by atoms with van der Waals surface area (Å²) in [5.74, 6) is 0.361. The van der Waals surface area contributed by atoms with Crippen molar-refractivity contribution in [1.29, 1.82) is 0 Å². The van der Waals surface area contributed by atoms with Crippen LogP contribution in [0.4, 0.5) is 0 Å². The minimum absolute atomic E-state index is 0.340. The van der Waals surface area contributed by atoms with E-state index in [2.05, 4.69) is 40.8 Å². The van der Waals surface area contributed by atoms with Gasteiger partial charge in [-0.1, -0.05) is 60.1 Å². The SMILES string of the molecule is O=C(O)COc1ccc(SC/C=C(/c2ccccc2)c2ccc(Cl)cc2)c(I)c1. The second-order valence-electron chi connectivity index (χ2n) is 6.08. The lowest BCUT2D eigenvalue weighted by Crippen LogP contribution is -2.09. The minimum Gasteiger partial charge on any atom is -0.482 e. The van der Waals surface area contributed by atoms with Gasteiger partial charge >= 0.3 is 5.97 Å². The molecule has 0 amide bonds. The molecule has 3 aromatic rings. The van der Waals surface area contributed by atoms with Gasteiger partial charge in [0.1, 0.15) is 5.75 Å². The van der Waals surface area contributed by atoms with Crippen LogP contribution in [-0.2, 0) is 4.79 Å². The Kier molecular flexibility index (Phi) is 8.03. The normalized spacial score (nSPS) is 11.3. The maximum Gasteiger partial charge on any atom is 0.341 e. The molecule has 0 saturated heterocycles. The number of aliphatic carboxylic acids is 1. The van der Waals surface area contributed by atoms with Gasteiger partial charge in [-0.15, -0.1) is 11.8 Å². The molecule has 1 N–H and O–H groups in total. The lowest BCUT2D eigenvalue weighted by Gasteiger charge is -2.10. The molecule has 3 aromatic carbocycles. The Morgan fingerprint density at radius 3 is 2.38 bits per heavy atom. The number of halogens is 2. The number of carboxylic acids is 1. The Morgan fingerprint density at radius 2 is 1.72 bits per heavy atom. The Morgan fingerprint density at radius 1 is 1.03 bits per heavy atom. The summed E-state index contributed by atoms with van der Waals surface area (Å²) in [4.78, 5) is 11.8. The van der Waals surface area contributed by atoms with Gasteiger partial charge in [-0.05, 0) is 69.6 Å². The van der Waals surface area contributed by atoms with Crippen molar-refractivity contribution < 1.29 is 14.6 Å². The molecule has 29 heavy (non-hydrogen) atoms. The summed E-state index contributed by atoms with van der Waals surface area (Å²) in [6.45, 7) is -0.340. The maximum atomic E-state index is 10.6. The highest BCUT2D eigenvalue weighted by Gasteiger charge is 2.07. The monoisotopic (exact) mass is 536 g/mol. The van der Waals surface area contributed by atoms with Crippen molar-refractivity contribution >= 4 is 57.5 Å². The number of carbonyl (C=O) groups is 1. The molecule has 6 heteroatoms. The lowest BCUT2D eigenvalue weighted by molar-refractivity contribution is -0.139. The Labute approximate surface area is 192 Å². The van der Waals surface area contributed by atoms with Crippen LogP contribution in [0.3, 0.4) is 0 Å². The number of carboxylic acid groups (broad SMARTS) is 1. The van der Waals surface area contributed by atoms with E-state index >= 15 is 0 Å². The van der Waals surface area contributed by atoms with Gasteiger partial charge in [0.15, 0.2) is 6.61 Å². The van der Waals surface area contributed by atoms with Crippen LogP contribution in [-0.4, -0.2) is 23.4 Å². The topological polar surface area (TPSA) is 46.5 Å². The molecule has 0 aliphatic rings. The van der Waals surface area contributed by atoms with E-state index in [1.807, 2.05) is 54.6 Å². The minimum atomic E-state index is -0.987. The smallest absolute Gasteiger partial charge is 0.341 e. The standard InChI is InChI=1S/C23H18ClIO3S/c24-18-8-6-17(7-9-18)20(16-4-2-1-3-5-16)12-13-29-22-11-10-19(14-21(22)25)28-15-23(26)27/h1-12,14H,13,15H2,(H,26,27)/b20-12-. The molecule has 0 heterocycles. The predicted octanol–water partition coefficient (Wildman–Crippen LogP) is 6.63. The summed E-state index contributed by atoms with van der Waals surface area (Å²) in [5.41, 5.74) is 3.43. The summed E-state index contributed by atoms with van der Waals surface area (Å²) < 4.78 is 6.26. The van der Waals surface area contributed by atoms with E-state index in [1.54, 1.807) is 17.8 Å². The highest BCUT2D eigenvalue weighted by Crippen LogP contribution is 2.30. The van der Waals surface area contributed by atoms with E-state index in [4.69, 9.17) is 21.4 Å². The molecule has 0 fully saturated rings. The summed E-state index contributed by atoms with van der Waals surface area (Å²) in [6, 6.07) is 23.8. The van der Waals surface area contributed by atoms with E-state index in [1.165, 1.54) is 0 Å². The summed E-state index contributed by atoms with van der Waals surface area (Å²) in [5, 5.41) is 9.44. The fourth-order valence-corrected chi connectivity index (χ4v) is 4.57. The molecule has 0 saturated carbocycles. The first-order valence-electron chi connectivity index (χ1n) is 8.81. The van der Waals surface area contributed by atoms with Crippen molar-refractivity contribution in [3.63, 3.8) is 0 Å². The highest BCUT2D eigenvalue weighted by molar-refractivity contribution is 14.1. The molecule has 0 spiro atoms. The molecule has 0 unspecified atom stereocenters. The second kappa shape index (κ2) is 10.7. The van der Waals surface area contributed by atoms with E-state index in [9.17, 15) is 4.79 Å². The average molecular weight is 537 g/mol. The van der Waals surface area contributed by atoms with Crippen molar-refractivity contribution in [2.45, 2.75) is 4.90 Å². The lowest BCUT2D eigenvalue weighted by atomic mass is 9.98.